The van der Waals surface area contributed by atoms with E-state index < -0.39 is 5.60 Å². The molecule has 0 saturated carbocycles. The standard InChI is InChI=1S/C16H24N2O/c1-6-18-14-10-8-7-9-12(14)13(17-18)11-16(5,19)15(2,3)4/h7-10,19H,6,11H2,1-5H3. The minimum Gasteiger partial charge on any atom is -0.389 e. The van der Waals surface area contributed by atoms with Crippen LogP contribution in [0.3, 0.4) is 0 Å². The second kappa shape index (κ2) is 4.64. The van der Waals surface area contributed by atoms with E-state index in [1.54, 1.807) is 0 Å². The molecule has 1 aromatic heterocycles. The van der Waals surface area contributed by atoms with Gasteiger partial charge in [0.25, 0.3) is 0 Å². The number of benzene rings is 1. The zero-order valence-electron chi connectivity index (χ0n) is 12.6. The molecule has 0 aliphatic heterocycles. The van der Waals surface area contributed by atoms with Gasteiger partial charge >= 0.3 is 0 Å². The van der Waals surface area contributed by atoms with Crippen LogP contribution in [0, 0.1) is 5.41 Å². The van der Waals surface area contributed by atoms with Crippen LogP contribution in [0.2, 0.25) is 0 Å². The average Bonchev–Trinajstić information content (AvgIpc) is 2.66. The van der Waals surface area contributed by atoms with Gasteiger partial charge in [0.05, 0.1) is 16.8 Å². The van der Waals surface area contributed by atoms with Gasteiger partial charge in [-0.1, -0.05) is 39.0 Å². The Labute approximate surface area is 115 Å². The van der Waals surface area contributed by atoms with Crippen LogP contribution in [-0.4, -0.2) is 20.5 Å². The van der Waals surface area contributed by atoms with Crippen molar-refractivity contribution < 1.29 is 5.11 Å². The molecule has 0 aliphatic rings. The van der Waals surface area contributed by atoms with Crippen LogP contribution >= 0.6 is 0 Å². The summed E-state index contributed by atoms with van der Waals surface area (Å²) in [6, 6.07) is 8.23. The predicted octanol–water partition coefficient (Wildman–Crippen LogP) is 3.40. The number of fused-ring (bicyclic) bond motifs is 1. The van der Waals surface area contributed by atoms with Crippen LogP contribution < -0.4 is 0 Å². The molecule has 104 valence electrons. The summed E-state index contributed by atoms with van der Waals surface area (Å²) in [4.78, 5) is 0. The Bertz CT molecular complexity index is 576. The molecule has 0 spiro atoms. The van der Waals surface area contributed by atoms with Gasteiger partial charge in [-0.05, 0) is 25.3 Å². The van der Waals surface area contributed by atoms with Gasteiger partial charge in [-0.15, -0.1) is 0 Å². The highest BCUT2D eigenvalue weighted by Crippen LogP contribution is 2.34. The lowest BCUT2D eigenvalue weighted by Crippen LogP contribution is -2.41. The van der Waals surface area contributed by atoms with Gasteiger partial charge in [0.15, 0.2) is 0 Å². The SMILES string of the molecule is CCn1nc(CC(C)(O)C(C)(C)C)c2ccccc21. The van der Waals surface area contributed by atoms with E-state index in [1.165, 1.54) is 0 Å². The molecule has 19 heavy (non-hydrogen) atoms. The second-order valence-electron chi connectivity index (χ2n) is 6.48. The molecule has 0 saturated heterocycles. The summed E-state index contributed by atoms with van der Waals surface area (Å²) in [6.45, 7) is 11.0. The lowest BCUT2D eigenvalue weighted by atomic mass is 9.75. The fourth-order valence-corrected chi connectivity index (χ4v) is 2.16. The Morgan fingerprint density at radius 2 is 1.79 bits per heavy atom. The summed E-state index contributed by atoms with van der Waals surface area (Å²) in [5.74, 6) is 0. The minimum atomic E-state index is -0.775. The van der Waals surface area contributed by atoms with Crippen LogP contribution in [0.5, 0.6) is 0 Å². The van der Waals surface area contributed by atoms with E-state index in [0.29, 0.717) is 6.42 Å². The monoisotopic (exact) mass is 260 g/mol. The molecule has 0 bridgehead atoms. The molecule has 3 nitrogen and oxygen atoms in total. The molecule has 3 heteroatoms. The smallest absolute Gasteiger partial charge is 0.0732 e. The van der Waals surface area contributed by atoms with Crippen LogP contribution in [-0.2, 0) is 13.0 Å². The summed E-state index contributed by atoms with van der Waals surface area (Å²) in [5, 5.41) is 16.5. The first-order chi connectivity index (χ1) is 8.76. The third-order valence-corrected chi connectivity index (χ3v) is 4.16. The van der Waals surface area contributed by atoms with Crippen molar-refractivity contribution in [2.45, 2.75) is 53.2 Å². The van der Waals surface area contributed by atoms with Crippen LogP contribution in [0.25, 0.3) is 10.9 Å². The largest absolute Gasteiger partial charge is 0.389 e. The van der Waals surface area contributed by atoms with Crippen molar-refractivity contribution in [3.8, 4) is 0 Å². The number of hydrogen-bond acceptors (Lipinski definition) is 2. The van der Waals surface area contributed by atoms with E-state index in [-0.39, 0.29) is 5.41 Å². The van der Waals surface area contributed by atoms with Crippen molar-refractivity contribution in [2.75, 3.05) is 0 Å². The number of aromatic nitrogens is 2. The molecule has 1 heterocycles. The Morgan fingerprint density at radius 1 is 1.16 bits per heavy atom. The third kappa shape index (κ3) is 2.52. The van der Waals surface area contributed by atoms with Gasteiger partial charge in [-0.3, -0.25) is 4.68 Å². The fraction of sp³-hybridized carbons (Fsp3) is 0.562. The minimum absolute atomic E-state index is 0.176. The van der Waals surface area contributed by atoms with Crippen molar-refractivity contribution in [1.29, 1.82) is 0 Å². The van der Waals surface area contributed by atoms with Crippen molar-refractivity contribution in [3.63, 3.8) is 0 Å². The highest BCUT2D eigenvalue weighted by molar-refractivity contribution is 5.82. The number of para-hydroxylation sites is 1. The predicted molar refractivity (Wildman–Crippen MR) is 79.2 cm³/mol. The Balaban J connectivity index is 2.47. The molecule has 0 fully saturated rings. The Morgan fingerprint density at radius 3 is 2.37 bits per heavy atom. The van der Waals surface area contributed by atoms with Crippen LogP contribution in [0.1, 0.15) is 40.3 Å². The highest BCUT2D eigenvalue weighted by atomic mass is 16.3. The summed E-state index contributed by atoms with van der Waals surface area (Å²) < 4.78 is 2.00. The molecule has 1 unspecified atom stereocenters. The Hall–Kier alpha value is -1.35. The van der Waals surface area contributed by atoms with E-state index in [9.17, 15) is 5.11 Å². The maximum Gasteiger partial charge on any atom is 0.0732 e. The van der Waals surface area contributed by atoms with E-state index >= 15 is 0 Å². The van der Waals surface area contributed by atoms with Gasteiger partial charge in [0.2, 0.25) is 0 Å². The molecule has 1 aromatic carbocycles. The first-order valence-electron chi connectivity index (χ1n) is 6.93. The number of hydrogen-bond donors (Lipinski definition) is 1. The van der Waals surface area contributed by atoms with E-state index in [1.807, 2.05) is 23.7 Å². The summed E-state index contributed by atoms with van der Waals surface area (Å²) >= 11 is 0. The molecule has 0 amide bonds. The van der Waals surface area contributed by atoms with Crippen molar-refractivity contribution in [3.05, 3.63) is 30.0 Å². The number of aryl methyl sites for hydroxylation is 1. The zero-order chi connectivity index (χ0) is 14.3. The van der Waals surface area contributed by atoms with Crippen LogP contribution in [0.15, 0.2) is 24.3 Å². The maximum absolute atomic E-state index is 10.7. The molecular weight excluding hydrogens is 236 g/mol. The molecular formula is C16H24N2O. The summed E-state index contributed by atoms with van der Waals surface area (Å²) in [5.41, 5.74) is 1.18. The lowest BCUT2D eigenvalue weighted by molar-refractivity contribution is -0.0411. The van der Waals surface area contributed by atoms with Gasteiger partial charge < -0.3 is 5.11 Å². The quantitative estimate of drug-likeness (QED) is 0.918. The molecule has 2 rings (SSSR count). The van der Waals surface area contributed by atoms with Gasteiger partial charge in [0, 0.05) is 18.4 Å². The summed E-state index contributed by atoms with van der Waals surface area (Å²) in [7, 11) is 0. The number of nitrogens with zero attached hydrogens (tertiary/aromatic N) is 2. The summed E-state index contributed by atoms with van der Waals surface area (Å²) in [6.07, 6.45) is 0.573. The van der Waals surface area contributed by atoms with Crippen molar-refractivity contribution in [1.82, 2.24) is 9.78 Å². The Kier molecular flexibility index (Phi) is 3.43. The third-order valence-electron chi connectivity index (χ3n) is 4.16. The first-order valence-corrected chi connectivity index (χ1v) is 6.93. The molecule has 2 aromatic rings. The van der Waals surface area contributed by atoms with Crippen molar-refractivity contribution >= 4 is 10.9 Å². The first kappa shape index (κ1) is 14.1. The lowest BCUT2D eigenvalue weighted by Gasteiger charge is -2.36. The molecule has 1 N–H and O–H groups in total. The topological polar surface area (TPSA) is 38.0 Å². The van der Waals surface area contributed by atoms with E-state index in [4.69, 9.17) is 0 Å². The molecule has 0 radical (unpaired) electrons. The molecule has 0 aliphatic carbocycles. The van der Waals surface area contributed by atoms with E-state index in [2.05, 4.69) is 44.9 Å². The number of rotatable bonds is 3. The van der Waals surface area contributed by atoms with Crippen molar-refractivity contribution in [2.24, 2.45) is 5.41 Å². The van der Waals surface area contributed by atoms with Gasteiger partial charge in [0.1, 0.15) is 0 Å². The molecule has 1 atom stereocenters. The normalized spacial score (nSPS) is 15.7. The van der Waals surface area contributed by atoms with Gasteiger partial charge in [-0.2, -0.15) is 5.10 Å². The highest BCUT2D eigenvalue weighted by Gasteiger charge is 2.36. The fourth-order valence-electron chi connectivity index (χ4n) is 2.16. The maximum atomic E-state index is 10.7. The second-order valence-corrected chi connectivity index (χ2v) is 6.48. The zero-order valence-corrected chi connectivity index (χ0v) is 12.6. The number of aliphatic hydroxyl groups is 1. The van der Waals surface area contributed by atoms with E-state index in [0.717, 1.165) is 23.1 Å². The average molecular weight is 260 g/mol. The van der Waals surface area contributed by atoms with Crippen LogP contribution in [0.4, 0.5) is 0 Å². The van der Waals surface area contributed by atoms with Gasteiger partial charge in [-0.25, -0.2) is 0 Å².